The van der Waals surface area contributed by atoms with Crippen LogP contribution in [-0.4, -0.2) is 18.2 Å². The number of hydrogen-bond donors (Lipinski definition) is 1. The number of nitrogens with one attached hydrogen (secondary N) is 1. The van der Waals surface area contributed by atoms with Crippen molar-refractivity contribution in [3.8, 4) is 0 Å². The minimum atomic E-state index is 0.169. The van der Waals surface area contributed by atoms with Crippen LogP contribution in [0.15, 0.2) is 24.3 Å². The molecule has 1 atom stereocenters. The van der Waals surface area contributed by atoms with Gasteiger partial charge in [0.15, 0.2) is 0 Å². The zero-order valence-corrected chi connectivity index (χ0v) is 12.6. The predicted octanol–water partition coefficient (Wildman–Crippen LogP) is 4.02. The minimum absolute atomic E-state index is 0.169. The Morgan fingerprint density at radius 1 is 1.33 bits per heavy atom. The molecule has 0 amide bonds. The van der Waals surface area contributed by atoms with E-state index < -0.39 is 0 Å². The lowest BCUT2D eigenvalue weighted by molar-refractivity contribution is 0.0483. The van der Waals surface area contributed by atoms with E-state index in [1.165, 1.54) is 0 Å². The average molecular weight is 270 g/mol. The van der Waals surface area contributed by atoms with Crippen LogP contribution in [0.25, 0.3) is 0 Å². The maximum Gasteiger partial charge on any atom is 0.0735 e. The Kier molecular flexibility index (Phi) is 6.13. The van der Waals surface area contributed by atoms with E-state index in [4.69, 9.17) is 16.3 Å². The highest BCUT2D eigenvalue weighted by Crippen LogP contribution is 2.16. The molecule has 0 spiro atoms. The van der Waals surface area contributed by atoms with Gasteiger partial charge in [-0.05, 0) is 38.8 Å². The van der Waals surface area contributed by atoms with Crippen LogP contribution in [0.5, 0.6) is 0 Å². The van der Waals surface area contributed by atoms with Gasteiger partial charge in [-0.15, -0.1) is 0 Å². The SMILES string of the molecule is CCC(C)(C)NCC(C)OCc1ccccc1Cl. The molecule has 1 aromatic rings. The third kappa shape index (κ3) is 5.38. The van der Waals surface area contributed by atoms with E-state index in [2.05, 4.69) is 33.0 Å². The summed E-state index contributed by atoms with van der Waals surface area (Å²) in [4.78, 5) is 0. The van der Waals surface area contributed by atoms with Gasteiger partial charge in [-0.2, -0.15) is 0 Å². The van der Waals surface area contributed by atoms with Crippen molar-refractivity contribution >= 4 is 11.6 Å². The molecule has 0 fully saturated rings. The molecule has 1 rings (SSSR count). The largest absolute Gasteiger partial charge is 0.372 e. The highest BCUT2D eigenvalue weighted by molar-refractivity contribution is 6.31. The summed E-state index contributed by atoms with van der Waals surface area (Å²) in [5.41, 5.74) is 1.21. The Morgan fingerprint density at radius 2 is 2.00 bits per heavy atom. The Bertz CT molecular complexity index is 365. The molecule has 18 heavy (non-hydrogen) atoms. The van der Waals surface area contributed by atoms with Crippen LogP contribution in [0.2, 0.25) is 5.02 Å². The summed E-state index contributed by atoms with van der Waals surface area (Å²) in [7, 11) is 0. The molecule has 0 heterocycles. The van der Waals surface area contributed by atoms with Crippen molar-refractivity contribution in [3.63, 3.8) is 0 Å². The highest BCUT2D eigenvalue weighted by atomic mass is 35.5. The van der Waals surface area contributed by atoms with Crippen molar-refractivity contribution in [1.82, 2.24) is 5.32 Å². The molecule has 0 radical (unpaired) electrons. The van der Waals surface area contributed by atoms with Crippen molar-refractivity contribution < 1.29 is 4.74 Å². The van der Waals surface area contributed by atoms with E-state index in [-0.39, 0.29) is 11.6 Å². The molecular formula is C15H24ClNO. The van der Waals surface area contributed by atoms with Crippen LogP contribution < -0.4 is 5.32 Å². The predicted molar refractivity (Wildman–Crippen MR) is 78.1 cm³/mol. The maximum absolute atomic E-state index is 6.08. The Balaban J connectivity index is 2.34. The minimum Gasteiger partial charge on any atom is -0.372 e. The van der Waals surface area contributed by atoms with Crippen molar-refractivity contribution in [2.45, 2.75) is 52.4 Å². The van der Waals surface area contributed by atoms with Crippen LogP contribution in [0.3, 0.4) is 0 Å². The lowest BCUT2D eigenvalue weighted by atomic mass is 10.0. The molecule has 102 valence electrons. The molecule has 1 unspecified atom stereocenters. The number of hydrogen-bond acceptors (Lipinski definition) is 2. The van der Waals surface area contributed by atoms with E-state index in [1.54, 1.807) is 0 Å². The molecule has 0 aromatic heterocycles. The molecule has 3 heteroatoms. The Labute approximate surface area is 116 Å². The van der Waals surface area contributed by atoms with Gasteiger partial charge >= 0.3 is 0 Å². The van der Waals surface area contributed by atoms with Gasteiger partial charge in [-0.3, -0.25) is 0 Å². The molecule has 0 aliphatic carbocycles. The van der Waals surface area contributed by atoms with Crippen LogP contribution in [-0.2, 0) is 11.3 Å². The number of halogens is 1. The zero-order valence-electron chi connectivity index (χ0n) is 11.8. The molecule has 0 bridgehead atoms. The van der Waals surface area contributed by atoms with Gasteiger partial charge in [0.1, 0.15) is 0 Å². The number of benzene rings is 1. The lowest BCUT2D eigenvalue weighted by Gasteiger charge is -2.26. The second-order valence-corrected chi connectivity index (χ2v) is 5.74. The van der Waals surface area contributed by atoms with Crippen LogP contribution in [0.4, 0.5) is 0 Å². The topological polar surface area (TPSA) is 21.3 Å². The summed E-state index contributed by atoms with van der Waals surface area (Å²) < 4.78 is 5.80. The van der Waals surface area contributed by atoms with E-state index >= 15 is 0 Å². The second-order valence-electron chi connectivity index (χ2n) is 5.33. The molecule has 2 nitrogen and oxygen atoms in total. The third-order valence-corrected chi connectivity index (χ3v) is 3.60. The second kappa shape index (κ2) is 7.13. The van der Waals surface area contributed by atoms with E-state index in [9.17, 15) is 0 Å². The summed E-state index contributed by atoms with van der Waals surface area (Å²) in [5.74, 6) is 0. The van der Waals surface area contributed by atoms with Crippen molar-refractivity contribution in [1.29, 1.82) is 0 Å². The summed E-state index contributed by atoms with van der Waals surface area (Å²) in [5, 5.41) is 4.27. The van der Waals surface area contributed by atoms with E-state index in [0.717, 1.165) is 23.6 Å². The van der Waals surface area contributed by atoms with Crippen LogP contribution in [0.1, 0.15) is 39.7 Å². The van der Waals surface area contributed by atoms with Gasteiger partial charge < -0.3 is 10.1 Å². The van der Waals surface area contributed by atoms with Gasteiger partial charge in [-0.1, -0.05) is 36.7 Å². The molecule has 0 aliphatic rings. The maximum atomic E-state index is 6.08. The smallest absolute Gasteiger partial charge is 0.0735 e. The van der Waals surface area contributed by atoms with Gasteiger partial charge in [0, 0.05) is 17.1 Å². The van der Waals surface area contributed by atoms with Gasteiger partial charge in [0.05, 0.1) is 12.7 Å². The first kappa shape index (κ1) is 15.5. The standard InChI is InChI=1S/C15H24ClNO/c1-5-15(3,4)17-10-12(2)18-11-13-8-6-7-9-14(13)16/h6-9,12,17H,5,10-11H2,1-4H3. The normalized spacial score (nSPS) is 13.6. The number of rotatable bonds is 7. The quantitative estimate of drug-likeness (QED) is 0.807. The van der Waals surface area contributed by atoms with Crippen LogP contribution >= 0.6 is 11.6 Å². The molecule has 1 aromatic carbocycles. The Hall–Kier alpha value is -0.570. The van der Waals surface area contributed by atoms with Crippen molar-refractivity contribution in [2.75, 3.05) is 6.54 Å². The fourth-order valence-electron chi connectivity index (χ4n) is 1.45. The Morgan fingerprint density at radius 3 is 2.61 bits per heavy atom. The first-order valence-corrected chi connectivity index (χ1v) is 6.92. The van der Waals surface area contributed by atoms with Gasteiger partial charge in [0.2, 0.25) is 0 Å². The molecular weight excluding hydrogens is 246 g/mol. The van der Waals surface area contributed by atoms with Crippen LogP contribution in [0, 0.1) is 0 Å². The summed E-state index contributed by atoms with van der Waals surface area (Å²) >= 11 is 6.08. The van der Waals surface area contributed by atoms with E-state index in [0.29, 0.717) is 6.61 Å². The average Bonchev–Trinajstić information content (AvgIpc) is 2.35. The first-order valence-electron chi connectivity index (χ1n) is 6.54. The molecule has 0 aliphatic heterocycles. The summed E-state index contributed by atoms with van der Waals surface area (Å²) in [6, 6.07) is 7.80. The monoisotopic (exact) mass is 269 g/mol. The highest BCUT2D eigenvalue weighted by Gasteiger charge is 2.15. The van der Waals surface area contributed by atoms with Crippen molar-refractivity contribution in [2.24, 2.45) is 0 Å². The molecule has 0 saturated heterocycles. The number of ether oxygens (including phenoxy) is 1. The van der Waals surface area contributed by atoms with E-state index in [1.807, 2.05) is 24.3 Å². The van der Waals surface area contributed by atoms with Gasteiger partial charge in [0.25, 0.3) is 0 Å². The zero-order chi connectivity index (χ0) is 13.6. The molecule has 1 N–H and O–H groups in total. The molecule has 0 saturated carbocycles. The van der Waals surface area contributed by atoms with Gasteiger partial charge in [-0.25, -0.2) is 0 Å². The first-order chi connectivity index (χ1) is 8.44. The summed E-state index contributed by atoms with van der Waals surface area (Å²) in [6.45, 7) is 10.1. The fourth-order valence-corrected chi connectivity index (χ4v) is 1.64. The lowest BCUT2D eigenvalue weighted by Crippen LogP contribution is -2.42. The summed E-state index contributed by atoms with van der Waals surface area (Å²) in [6.07, 6.45) is 1.27. The third-order valence-electron chi connectivity index (χ3n) is 3.23. The fraction of sp³-hybridized carbons (Fsp3) is 0.600. The van der Waals surface area contributed by atoms with Crippen molar-refractivity contribution in [3.05, 3.63) is 34.9 Å².